The zero-order valence-electron chi connectivity index (χ0n) is 8.43. The largest absolute Gasteiger partial charge is 0.448 e. The van der Waals surface area contributed by atoms with E-state index in [4.69, 9.17) is 16.1 Å². The Balaban J connectivity index is 2.30. The van der Waals surface area contributed by atoms with Crippen molar-refractivity contribution in [2.24, 2.45) is 5.92 Å². The molecule has 3 unspecified atom stereocenters. The quantitative estimate of drug-likeness (QED) is 0.598. The van der Waals surface area contributed by atoms with Crippen LogP contribution in [0.15, 0.2) is 6.08 Å². The summed E-state index contributed by atoms with van der Waals surface area (Å²) in [4.78, 5) is 23.1. The summed E-state index contributed by atoms with van der Waals surface area (Å²) >= 11 is 0. The van der Waals surface area contributed by atoms with E-state index in [1.54, 1.807) is 0 Å². The van der Waals surface area contributed by atoms with E-state index in [9.17, 15) is 9.59 Å². The van der Waals surface area contributed by atoms with Crippen molar-refractivity contribution in [1.29, 1.82) is 0 Å². The van der Waals surface area contributed by atoms with Crippen LogP contribution in [0.5, 0.6) is 0 Å². The molecule has 2 aliphatic rings. The fourth-order valence-electron chi connectivity index (χ4n) is 2.02. The lowest BCUT2D eigenvalue weighted by Gasteiger charge is -2.36. The van der Waals surface area contributed by atoms with Crippen LogP contribution < -0.4 is 0 Å². The highest BCUT2D eigenvalue weighted by molar-refractivity contribution is 5.91. The average molecular weight is 208 g/mol. The molecule has 0 aromatic carbocycles. The van der Waals surface area contributed by atoms with E-state index in [1.165, 1.54) is 13.0 Å². The van der Waals surface area contributed by atoms with Crippen LogP contribution in [0.1, 0.15) is 19.8 Å². The van der Waals surface area contributed by atoms with Crippen LogP contribution in [-0.4, -0.2) is 23.6 Å². The fourth-order valence-corrected chi connectivity index (χ4v) is 2.02. The Hall–Kier alpha value is -1.32. The van der Waals surface area contributed by atoms with Crippen molar-refractivity contribution in [3.8, 4) is 0 Å². The lowest BCUT2D eigenvalue weighted by Crippen LogP contribution is -2.54. The van der Waals surface area contributed by atoms with Crippen LogP contribution >= 0.6 is 0 Å². The van der Waals surface area contributed by atoms with Crippen molar-refractivity contribution in [2.45, 2.75) is 31.5 Å². The van der Waals surface area contributed by atoms with Crippen LogP contribution in [0.25, 0.3) is 0 Å². The molecule has 0 aromatic rings. The van der Waals surface area contributed by atoms with E-state index < -0.39 is 23.6 Å². The minimum absolute atomic E-state index is 0.276. The molecule has 2 radical (unpaired) electrons. The summed E-state index contributed by atoms with van der Waals surface area (Å²) in [6, 6.07) is 0. The summed E-state index contributed by atoms with van der Waals surface area (Å²) in [5.74, 6) is -1.27. The Morgan fingerprint density at radius 1 is 1.60 bits per heavy atom. The van der Waals surface area contributed by atoms with Gasteiger partial charge in [0.25, 0.3) is 0 Å². The third-order valence-electron chi connectivity index (χ3n) is 2.94. The van der Waals surface area contributed by atoms with Gasteiger partial charge in [-0.2, -0.15) is 0 Å². The van der Waals surface area contributed by atoms with Gasteiger partial charge in [0.1, 0.15) is 0 Å². The zero-order chi connectivity index (χ0) is 11.1. The second-order valence-electron chi connectivity index (χ2n) is 3.89. The fraction of sp³-hybridized carbons (Fsp3) is 0.545. The van der Waals surface area contributed by atoms with Crippen molar-refractivity contribution in [1.82, 2.24) is 0 Å². The molecule has 1 aliphatic carbocycles. The number of carbonyl (C=O) groups excluding carboxylic acids is 2. The molecule has 0 aromatic heterocycles. The van der Waals surface area contributed by atoms with Gasteiger partial charge in [-0.1, -0.05) is 12.7 Å². The van der Waals surface area contributed by atoms with Gasteiger partial charge in [0.05, 0.1) is 0 Å². The minimum atomic E-state index is -1.20. The molecule has 2 fully saturated rings. The monoisotopic (exact) mass is 208 g/mol. The van der Waals surface area contributed by atoms with E-state index in [0.717, 1.165) is 0 Å². The molecule has 1 saturated heterocycles. The smallest absolute Gasteiger partial charge is 0.352 e. The van der Waals surface area contributed by atoms with Crippen LogP contribution in [0.4, 0.5) is 0 Å². The predicted octanol–water partition coefficient (Wildman–Crippen LogP) is 0.817. The highest BCUT2D eigenvalue weighted by atomic mass is 16.7. The van der Waals surface area contributed by atoms with E-state index in [1.807, 2.05) is 6.42 Å². The highest BCUT2D eigenvalue weighted by Crippen LogP contribution is 2.42. The number of carbonyl (C=O) groups is 2. The number of hydrogen-bond donors (Lipinski definition) is 0. The molecule has 1 aliphatic heterocycles. The van der Waals surface area contributed by atoms with Gasteiger partial charge in [0, 0.05) is 12.3 Å². The van der Waals surface area contributed by atoms with Crippen LogP contribution in [-0.2, 0) is 19.1 Å². The Labute approximate surface area is 88.2 Å². The molecular weight excluding hydrogens is 196 g/mol. The zero-order valence-corrected chi connectivity index (χ0v) is 8.43. The van der Waals surface area contributed by atoms with Crippen molar-refractivity contribution in [3.05, 3.63) is 19.1 Å². The molecule has 1 saturated carbocycles. The molecule has 1 spiro atoms. The first kappa shape index (κ1) is 10.2. The first-order chi connectivity index (χ1) is 7.10. The van der Waals surface area contributed by atoms with Crippen molar-refractivity contribution in [2.75, 3.05) is 0 Å². The van der Waals surface area contributed by atoms with Crippen molar-refractivity contribution < 1.29 is 19.1 Å². The molecule has 4 heteroatoms. The summed E-state index contributed by atoms with van der Waals surface area (Å²) in [6.45, 7) is 6.93. The van der Waals surface area contributed by atoms with Gasteiger partial charge < -0.3 is 9.47 Å². The minimum Gasteiger partial charge on any atom is -0.448 e. The Morgan fingerprint density at radius 2 is 2.33 bits per heavy atom. The SMILES string of the molecule is [CH]=CC1C[CH]CC12OC(=O)C(C)OC2=O. The van der Waals surface area contributed by atoms with Gasteiger partial charge in [-0.25, -0.2) is 9.59 Å². The molecule has 0 bridgehead atoms. The number of rotatable bonds is 1. The van der Waals surface area contributed by atoms with Gasteiger partial charge >= 0.3 is 11.9 Å². The Bertz CT molecular complexity index is 323. The third-order valence-corrected chi connectivity index (χ3v) is 2.94. The van der Waals surface area contributed by atoms with Crippen molar-refractivity contribution >= 4 is 11.9 Å². The second-order valence-corrected chi connectivity index (χ2v) is 3.89. The van der Waals surface area contributed by atoms with Gasteiger partial charge in [0.2, 0.25) is 5.60 Å². The normalized spacial score (nSPS) is 40.1. The number of ether oxygens (including phenoxy) is 2. The van der Waals surface area contributed by atoms with E-state index in [2.05, 4.69) is 0 Å². The van der Waals surface area contributed by atoms with Crippen LogP contribution in [0, 0.1) is 18.9 Å². The number of cyclic esters (lactones) is 1. The van der Waals surface area contributed by atoms with Gasteiger partial charge in [-0.3, -0.25) is 0 Å². The first-order valence-corrected chi connectivity index (χ1v) is 4.91. The lowest BCUT2D eigenvalue weighted by atomic mass is 9.89. The maximum absolute atomic E-state index is 11.7. The van der Waals surface area contributed by atoms with Crippen LogP contribution in [0.3, 0.4) is 0 Å². The maximum atomic E-state index is 11.7. The topological polar surface area (TPSA) is 52.6 Å². The molecule has 80 valence electrons. The molecule has 2 rings (SSSR count). The van der Waals surface area contributed by atoms with E-state index in [0.29, 0.717) is 12.8 Å². The lowest BCUT2D eigenvalue weighted by molar-refractivity contribution is -0.212. The summed E-state index contributed by atoms with van der Waals surface area (Å²) in [7, 11) is 0. The summed E-state index contributed by atoms with van der Waals surface area (Å²) in [5.41, 5.74) is -1.20. The molecule has 4 nitrogen and oxygen atoms in total. The maximum Gasteiger partial charge on any atom is 0.352 e. The summed E-state index contributed by atoms with van der Waals surface area (Å²) < 4.78 is 10.2. The molecule has 0 N–H and O–H groups in total. The van der Waals surface area contributed by atoms with Gasteiger partial charge in [0.15, 0.2) is 6.10 Å². The van der Waals surface area contributed by atoms with Crippen molar-refractivity contribution in [3.63, 3.8) is 0 Å². The standard InChI is InChI=1S/C11H12O4/c1-3-8-5-4-6-11(8)10(13)14-7(2)9(12)15-11/h1,3-4,7-8H,5-6H2,2H3. The number of hydrogen-bond acceptors (Lipinski definition) is 4. The van der Waals surface area contributed by atoms with Gasteiger partial charge in [-0.05, 0) is 19.8 Å². The van der Waals surface area contributed by atoms with E-state index >= 15 is 0 Å². The second kappa shape index (κ2) is 3.36. The molecule has 3 atom stereocenters. The molecule has 0 amide bonds. The molecule has 1 heterocycles. The van der Waals surface area contributed by atoms with Gasteiger partial charge in [-0.15, -0.1) is 0 Å². The van der Waals surface area contributed by atoms with Crippen LogP contribution in [0.2, 0.25) is 0 Å². The Morgan fingerprint density at radius 3 is 3.00 bits per heavy atom. The molecular formula is C11H12O4. The summed E-state index contributed by atoms with van der Waals surface area (Å²) in [6.07, 6.45) is 3.48. The number of esters is 2. The first-order valence-electron chi connectivity index (χ1n) is 4.91. The molecule has 15 heavy (non-hydrogen) atoms. The predicted molar refractivity (Wildman–Crippen MR) is 50.3 cm³/mol. The highest BCUT2D eigenvalue weighted by Gasteiger charge is 2.56. The Kier molecular flexibility index (Phi) is 2.29. The summed E-state index contributed by atoms with van der Waals surface area (Å²) in [5, 5.41) is 0. The van der Waals surface area contributed by atoms with E-state index in [-0.39, 0.29) is 5.92 Å². The average Bonchev–Trinajstić information content (AvgIpc) is 2.59. The third kappa shape index (κ3) is 1.35.